The lowest BCUT2D eigenvalue weighted by atomic mass is 9.47. The first-order chi connectivity index (χ1) is 23.6. The lowest BCUT2D eigenvalue weighted by molar-refractivity contribution is -0.151. The van der Waals surface area contributed by atoms with Crippen molar-refractivity contribution in [2.45, 2.75) is 96.5 Å². The lowest BCUT2D eigenvalue weighted by Gasteiger charge is -2.57. The van der Waals surface area contributed by atoms with Crippen molar-refractivity contribution in [1.82, 2.24) is 9.88 Å². The average Bonchev–Trinajstić information content (AvgIpc) is 3.44. The van der Waals surface area contributed by atoms with E-state index in [1.165, 1.54) is 34.5 Å². The number of hydrogen-bond donors (Lipinski definition) is 1. The van der Waals surface area contributed by atoms with Crippen LogP contribution in [0.4, 0.5) is 0 Å². The Morgan fingerprint density at radius 1 is 1.02 bits per heavy atom. The third-order valence-corrected chi connectivity index (χ3v) is 14.8. The molecule has 7 atom stereocenters. The van der Waals surface area contributed by atoms with Gasteiger partial charge in [0.2, 0.25) is 5.91 Å². The number of pyridine rings is 1. The number of nitrogens with zero attached hydrogens (tertiary/aromatic N) is 2. The van der Waals surface area contributed by atoms with Gasteiger partial charge in [-0.1, -0.05) is 96.5 Å². The second-order valence-corrected chi connectivity index (χ2v) is 17.9. The Balaban J connectivity index is 0.950. The summed E-state index contributed by atoms with van der Waals surface area (Å²) in [7, 11) is 3.13. The van der Waals surface area contributed by atoms with Gasteiger partial charge >= 0.3 is 11.9 Å². The van der Waals surface area contributed by atoms with E-state index in [2.05, 4.69) is 43.1 Å². The van der Waals surface area contributed by atoms with Gasteiger partial charge in [-0.2, -0.15) is 0 Å². The summed E-state index contributed by atoms with van der Waals surface area (Å²) in [6.07, 6.45) is 17.0. The number of esters is 1. The van der Waals surface area contributed by atoms with E-state index in [9.17, 15) is 19.5 Å². The first kappa shape index (κ1) is 35.8. The van der Waals surface area contributed by atoms with Crippen LogP contribution < -0.4 is 0 Å². The second kappa shape index (κ2) is 15.5. The molecule has 1 heterocycles. The van der Waals surface area contributed by atoms with Crippen LogP contribution in [0.25, 0.3) is 5.57 Å². The number of carbonyl (C=O) groups excluding carboxylic acids is 2. The molecule has 0 spiro atoms. The molecule has 2 fully saturated rings. The maximum Gasteiger partial charge on any atom is 0.323 e. The zero-order valence-electron chi connectivity index (χ0n) is 29.0. The third-order valence-electron chi connectivity index (χ3n) is 11.9. The minimum atomic E-state index is -1.02. The smallest absolute Gasteiger partial charge is 0.323 e. The molecule has 0 bridgehead atoms. The van der Waals surface area contributed by atoms with Gasteiger partial charge in [-0.15, -0.1) is 0 Å². The van der Waals surface area contributed by atoms with Crippen LogP contribution in [-0.2, 0) is 25.7 Å². The minimum absolute atomic E-state index is 0.0451. The van der Waals surface area contributed by atoms with Gasteiger partial charge in [0.25, 0.3) is 0 Å². The van der Waals surface area contributed by atoms with Gasteiger partial charge in [-0.25, -0.2) is 0 Å². The first-order valence-corrected chi connectivity index (χ1v) is 20.3. The molecule has 6 rings (SSSR count). The molecule has 2 saturated carbocycles. The zero-order chi connectivity index (χ0) is 34.6. The standard InChI is InChI=1S/C40H50N2O5S2/c1-27(49-48-21-17-36(43)42(26-37(44)45)25-28-8-5-4-6-9-28)22-38(46)47-31-15-18-39(2)30(23-31)11-12-32-34-14-13-33(29-10-7-20-41-24-29)40(34,3)19-16-35(32)39/h4-11,13,20,24,27,31-32,34-35H,12,14-19,21-23,25-26H2,1-3H3,(H,44,45). The molecule has 2 aromatic rings. The maximum atomic E-state index is 13.0. The van der Waals surface area contributed by atoms with E-state index in [1.54, 1.807) is 21.6 Å². The Morgan fingerprint density at radius 2 is 1.82 bits per heavy atom. The molecule has 4 aliphatic rings. The summed E-state index contributed by atoms with van der Waals surface area (Å²) in [5.41, 5.74) is 5.59. The number of ether oxygens (including phenoxy) is 1. The molecule has 1 amide bonds. The molecular formula is C40H50N2O5S2. The van der Waals surface area contributed by atoms with Crippen molar-refractivity contribution in [3.05, 3.63) is 83.7 Å². The molecule has 0 aliphatic heterocycles. The van der Waals surface area contributed by atoms with Crippen molar-refractivity contribution in [1.29, 1.82) is 0 Å². The van der Waals surface area contributed by atoms with E-state index in [0.717, 1.165) is 37.7 Å². The Kier molecular flexibility index (Phi) is 11.3. The molecule has 4 aliphatic carbocycles. The summed E-state index contributed by atoms with van der Waals surface area (Å²) in [5, 5.41) is 9.34. The third kappa shape index (κ3) is 7.98. The van der Waals surface area contributed by atoms with Gasteiger partial charge in [0.1, 0.15) is 12.6 Å². The predicted molar refractivity (Wildman–Crippen MR) is 197 cm³/mol. The van der Waals surface area contributed by atoms with Crippen LogP contribution in [0.15, 0.2) is 72.6 Å². The van der Waals surface area contributed by atoms with Crippen molar-refractivity contribution < 1.29 is 24.2 Å². The Labute approximate surface area is 299 Å². The number of benzene rings is 1. The molecule has 1 aromatic carbocycles. The highest BCUT2D eigenvalue weighted by Crippen LogP contribution is 2.66. The van der Waals surface area contributed by atoms with Gasteiger partial charge in [-0.05, 0) is 89.9 Å². The van der Waals surface area contributed by atoms with Gasteiger partial charge in [0.05, 0.1) is 6.42 Å². The van der Waals surface area contributed by atoms with Crippen LogP contribution in [0.5, 0.6) is 0 Å². The summed E-state index contributed by atoms with van der Waals surface area (Å²) in [6.45, 7) is 6.96. The largest absolute Gasteiger partial charge is 0.480 e. The lowest BCUT2D eigenvalue weighted by Crippen LogP contribution is -2.50. The van der Waals surface area contributed by atoms with Crippen molar-refractivity contribution in [2.75, 3.05) is 12.3 Å². The highest BCUT2D eigenvalue weighted by atomic mass is 33.1. The quantitative estimate of drug-likeness (QED) is 0.0960. The number of carboxylic acids is 1. The van der Waals surface area contributed by atoms with E-state index in [0.29, 0.717) is 29.9 Å². The van der Waals surface area contributed by atoms with Crippen LogP contribution in [0, 0.1) is 28.6 Å². The first-order valence-electron chi connectivity index (χ1n) is 17.9. The molecule has 9 heteroatoms. The van der Waals surface area contributed by atoms with E-state index < -0.39 is 5.97 Å². The fourth-order valence-electron chi connectivity index (χ4n) is 9.42. The van der Waals surface area contributed by atoms with Crippen LogP contribution in [-0.4, -0.2) is 56.5 Å². The Bertz CT molecular complexity index is 1560. The van der Waals surface area contributed by atoms with Gasteiger partial charge in [0.15, 0.2) is 0 Å². The monoisotopic (exact) mass is 702 g/mol. The van der Waals surface area contributed by atoms with E-state index in [1.807, 2.05) is 49.6 Å². The normalized spacial score (nSPS) is 29.4. The molecule has 7 unspecified atom stereocenters. The van der Waals surface area contributed by atoms with Crippen LogP contribution in [0.2, 0.25) is 0 Å². The SMILES string of the molecule is CC(CC(=O)OC1CCC2(C)C(=CCC3C2CCC2(C)C(c4cccnc4)=CCC32)C1)SSCCC(=O)N(CC(=O)O)Cc1ccccc1. The number of amides is 1. The zero-order valence-corrected chi connectivity index (χ0v) is 30.6. The predicted octanol–water partition coefficient (Wildman–Crippen LogP) is 8.61. The highest BCUT2D eigenvalue weighted by molar-refractivity contribution is 8.76. The highest BCUT2D eigenvalue weighted by Gasteiger charge is 2.57. The maximum absolute atomic E-state index is 13.0. The fourth-order valence-corrected chi connectivity index (χ4v) is 11.6. The number of aliphatic carboxylic acids is 1. The summed E-state index contributed by atoms with van der Waals surface area (Å²) in [5.74, 6) is 1.22. The second-order valence-electron chi connectivity index (χ2n) is 15.0. The summed E-state index contributed by atoms with van der Waals surface area (Å²) in [4.78, 5) is 43.0. The Hall–Kier alpha value is -3.04. The van der Waals surface area contributed by atoms with Gasteiger partial charge in [0, 0.05) is 42.8 Å². The van der Waals surface area contributed by atoms with Gasteiger partial charge in [-0.3, -0.25) is 19.4 Å². The number of carboxylic acid groups (broad SMARTS) is 1. The van der Waals surface area contributed by atoms with Crippen molar-refractivity contribution >= 4 is 45.0 Å². The van der Waals surface area contributed by atoms with Gasteiger partial charge < -0.3 is 14.7 Å². The topological polar surface area (TPSA) is 96.8 Å². The van der Waals surface area contributed by atoms with Crippen LogP contribution in [0.1, 0.15) is 89.7 Å². The van der Waals surface area contributed by atoms with Crippen molar-refractivity contribution in [3.63, 3.8) is 0 Å². The number of aromatic nitrogens is 1. The molecule has 7 nitrogen and oxygen atoms in total. The molecule has 49 heavy (non-hydrogen) atoms. The summed E-state index contributed by atoms with van der Waals surface area (Å²) >= 11 is 0. The number of fused-ring (bicyclic) bond motifs is 5. The molecule has 0 radical (unpaired) electrons. The minimum Gasteiger partial charge on any atom is -0.480 e. The van der Waals surface area contributed by atoms with Crippen molar-refractivity contribution in [3.8, 4) is 0 Å². The van der Waals surface area contributed by atoms with Crippen LogP contribution in [0.3, 0.4) is 0 Å². The average molecular weight is 703 g/mol. The molecule has 262 valence electrons. The van der Waals surface area contributed by atoms with E-state index >= 15 is 0 Å². The van der Waals surface area contributed by atoms with E-state index in [4.69, 9.17) is 4.74 Å². The van der Waals surface area contributed by atoms with Crippen LogP contribution >= 0.6 is 21.6 Å². The molecule has 0 saturated heterocycles. The van der Waals surface area contributed by atoms with Crippen molar-refractivity contribution in [2.24, 2.45) is 28.6 Å². The molecule has 1 N–H and O–H groups in total. The molecular weight excluding hydrogens is 653 g/mol. The summed E-state index contributed by atoms with van der Waals surface area (Å²) in [6, 6.07) is 13.7. The summed E-state index contributed by atoms with van der Waals surface area (Å²) < 4.78 is 6.08. The number of carbonyl (C=O) groups is 3. The van der Waals surface area contributed by atoms with E-state index in [-0.39, 0.29) is 53.6 Å². The number of rotatable bonds is 13. The molecule has 1 aromatic heterocycles. The number of allylic oxidation sites excluding steroid dienone is 3. The number of hydrogen-bond acceptors (Lipinski definition) is 7. The fraction of sp³-hybridized carbons (Fsp3) is 0.550. The Morgan fingerprint density at radius 3 is 2.57 bits per heavy atom.